The van der Waals surface area contributed by atoms with Crippen molar-refractivity contribution in [3.05, 3.63) is 65.9 Å². The van der Waals surface area contributed by atoms with Gasteiger partial charge in [0, 0.05) is 44.6 Å². The van der Waals surface area contributed by atoms with E-state index in [9.17, 15) is 0 Å². The normalized spacial score (nSPS) is 22.7. The number of hydrogen-bond acceptors (Lipinski definition) is 8. The highest BCUT2D eigenvalue weighted by molar-refractivity contribution is 5.83. The van der Waals surface area contributed by atoms with Crippen molar-refractivity contribution in [2.24, 2.45) is 16.5 Å². The lowest BCUT2D eigenvalue weighted by Gasteiger charge is -2.39. The first-order chi connectivity index (χ1) is 13.0. The van der Waals surface area contributed by atoms with Gasteiger partial charge in [-0.05, 0) is 12.5 Å². The predicted octanol–water partition coefficient (Wildman–Crippen LogP) is 0.478. The third kappa shape index (κ3) is 3.56. The molecule has 1 atom stereocenters. The molecule has 4 rings (SSSR count). The first-order valence-corrected chi connectivity index (χ1v) is 9.01. The maximum Gasteiger partial charge on any atom is 0.202 e. The summed E-state index contributed by atoms with van der Waals surface area (Å²) in [7, 11) is 0. The molecule has 0 spiro atoms. The predicted molar refractivity (Wildman–Crippen MR) is 106 cm³/mol. The molecule has 8 heteroatoms. The molecule has 8 nitrogen and oxygen atoms in total. The molecule has 1 fully saturated rings. The Bertz CT molecular complexity index is 853. The van der Waals surface area contributed by atoms with E-state index in [1.807, 2.05) is 31.2 Å². The molecule has 1 unspecified atom stereocenters. The zero-order valence-electron chi connectivity index (χ0n) is 15.3. The van der Waals surface area contributed by atoms with E-state index in [4.69, 9.17) is 16.5 Å². The van der Waals surface area contributed by atoms with Crippen molar-refractivity contribution in [1.29, 1.82) is 0 Å². The molecule has 27 heavy (non-hydrogen) atoms. The van der Waals surface area contributed by atoms with E-state index in [0.29, 0.717) is 11.8 Å². The van der Waals surface area contributed by atoms with Crippen LogP contribution in [0.2, 0.25) is 0 Å². The molecule has 1 saturated heterocycles. The molecule has 2 aliphatic heterocycles. The minimum atomic E-state index is -0.972. The van der Waals surface area contributed by atoms with E-state index in [1.165, 1.54) is 5.56 Å². The summed E-state index contributed by atoms with van der Waals surface area (Å²) < 4.78 is 0. The minimum Gasteiger partial charge on any atom is -0.385 e. The molecule has 0 saturated carbocycles. The standard InChI is InChI=1S/C19H24N8/c1-14-2-4-15(5-3-14)19(21)12-16(20)24-18(25-19)27-10-8-26(9-11-27)17-13-22-6-7-23-17/h2-7,12-13H,8-11,20-21H2,1H3,(H,24,25). The number of nitrogens with zero attached hydrogens (tertiary/aromatic N) is 5. The lowest BCUT2D eigenvalue weighted by Crippen LogP contribution is -2.56. The van der Waals surface area contributed by atoms with Crippen LogP contribution in [0, 0.1) is 6.92 Å². The Balaban J connectivity index is 1.52. The van der Waals surface area contributed by atoms with E-state index in [2.05, 4.69) is 25.1 Å². The van der Waals surface area contributed by atoms with Gasteiger partial charge < -0.3 is 20.9 Å². The van der Waals surface area contributed by atoms with Crippen LogP contribution in [0.4, 0.5) is 5.82 Å². The quantitative estimate of drug-likeness (QED) is 0.711. The second-order valence-corrected chi connectivity index (χ2v) is 6.89. The van der Waals surface area contributed by atoms with Crippen LogP contribution >= 0.6 is 0 Å². The van der Waals surface area contributed by atoms with Gasteiger partial charge in [-0.2, -0.15) is 0 Å². The van der Waals surface area contributed by atoms with Gasteiger partial charge in [0.1, 0.15) is 11.6 Å². The topological polar surface area (TPSA) is 109 Å². The summed E-state index contributed by atoms with van der Waals surface area (Å²) in [4.78, 5) is 17.7. The van der Waals surface area contributed by atoms with Gasteiger partial charge in [-0.15, -0.1) is 0 Å². The van der Waals surface area contributed by atoms with Gasteiger partial charge in [-0.3, -0.25) is 10.7 Å². The third-order valence-corrected chi connectivity index (χ3v) is 4.89. The van der Waals surface area contributed by atoms with E-state index in [1.54, 1.807) is 24.7 Å². The van der Waals surface area contributed by atoms with E-state index in [0.717, 1.165) is 37.6 Å². The number of aromatic nitrogens is 2. The number of guanidine groups is 1. The van der Waals surface area contributed by atoms with Gasteiger partial charge in [-0.1, -0.05) is 29.8 Å². The number of hydrogen-bond donors (Lipinski definition) is 3. The van der Waals surface area contributed by atoms with Crippen LogP contribution in [0.15, 0.2) is 59.7 Å². The number of aryl methyl sites for hydroxylation is 1. The summed E-state index contributed by atoms with van der Waals surface area (Å²) in [5.41, 5.74) is 13.8. The fourth-order valence-electron chi connectivity index (χ4n) is 3.36. The van der Waals surface area contributed by atoms with Gasteiger partial charge in [-0.25, -0.2) is 9.98 Å². The Hall–Kier alpha value is -3.13. The summed E-state index contributed by atoms with van der Waals surface area (Å²) in [6, 6.07) is 8.06. The van der Waals surface area contributed by atoms with E-state index >= 15 is 0 Å². The van der Waals surface area contributed by atoms with Crippen LogP contribution < -0.4 is 21.7 Å². The monoisotopic (exact) mass is 364 g/mol. The van der Waals surface area contributed by atoms with Crippen molar-refractivity contribution in [2.75, 3.05) is 31.1 Å². The maximum atomic E-state index is 6.60. The zero-order chi connectivity index (χ0) is 18.9. The first-order valence-electron chi connectivity index (χ1n) is 9.01. The number of benzene rings is 1. The molecular formula is C19H24N8. The number of nitrogens with two attached hydrogens (primary N) is 2. The Morgan fingerprint density at radius 1 is 1.04 bits per heavy atom. The van der Waals surface area contributed by atoms with Crippen LogP contribution in [0.25, 0.3) is 0 Å². The van der Waals surface area contributed by atoms with E-state index in [-0.39, 0.29) is 0 Å². The third-order valence-electron chi connectivity index (χ3n) is 4.89. The zero-order valence-corrected chi connectivity index (χ0v) is 15.3. The number of aliphatic imine (C=N–C) groups is 1. The molecule has 140 valence electrons. The molecule has 0 bridgehead atoms. The highest BCUT2D eigenvalue weighted by Crippen LogP contribution is 2.26. The van der Waals surface area contributed by atoms with Crippen molar-refractivity contribution < 1.29 is 0 Å². The number of anilines is 1. The molecule has 0 amide bonds. The molecular weight excluding hydrogens is 340 g/mol. The molecule has 5 N–H and O–H groups in total. The average molecular weight is 364 g/mol. The SMILES string of the molecule is Cc1ccc(C2(N)C=C(N)NC(N3CCN(c4cnccn4)CC3)=N2)cc1. The number of piperazine rings is 1. The maximum absolute atomic E-state index is 6.60. The van der Waals surface area contributed by atoms with Gasteiger partial charge in [0.15, 0.2) is 5.66 Å². The summed E-state index contributed by atoms with van der Waals surface area (Å²) in [5.74, 6) is 2.11. The molecule has 0 aliphatic carbocycles. The Morgan fingerprint density at radius 2 is 1.74 bits per heavy atom. The summed E-state index contributed by atoms with van der Waals surface area (Å²) >= 11 is 0. The smallest absolute Gasteiger partial charge is 0.202 e. The van der Waals surface area contributed by atoms with Crippen LogP contribution in [0.1, 0.15) is 11.1 Å². The first kappa shape index (κ1) is 17.3. The number of nitrogens with one attached hydrogen (secondary N) is 1. The average Bonchev–Trinajstić information content (AvgIpc) is 2.68. The highest BCUT2D eigenvalue weighted by Gasteiger charge is 2.31. The van der Waals surface area contributed by atoms with Gasteiger partial charge in [0.2, 0.25) is 5.96 Å². The summed E-state index contributed by atoms with van der Waals surface area (Å²) in [5, 5.41) is 3.17. The van der Waals surface area contributed by atoms with Gasteiger partial charge in [0.05, 0.1) is 6.20 Å². The van der Waals surface area contributed by atoms with Crippen LogP contribution in [-0.4, -0.2) is 47.0 Å². The van der Waals surface area contributed by atoms with Gasteiger partial charge in [0.25, 0.3) is 0 Å². The van der Waals surface area contributed by atoms with Crippen molar-refractivity contribution in [3.8, 4) is 0 Å². The van der Waals surface area contributed by atoms with Gasteiger partial charge >= 0.3 is 0 Å². The fraction of sp³-hybridized carbons (Fsp3) is 0.316. The molecule has 2 aromatic rings. The van der Waals surface area contributed by atoms with Crippen molar-refractivity contribution in [3.63, 3.8) is 0 Å². The Morgan fingerprint density at radius 3 is 2.41 bits per heavy atom. The minimum absolute atomic E-state index is 0.513. The van der Waals surface area contributed by atoms with Crippen LogP contribution in [0.3, 0.4) is 0 Å². The Labute approximate surface area is 158 Å². The van der Waals surface area contributed by atoms with E-state index < -0.39 is 5.66 Å². The summed E-state index contributed by atoms with van der Waals surface area (Å²) in [6.45, 7) is 5.28. The highest BCUT2D eigenvalue weighted by atomic mass is 15.4. The second kappa shape index (κ2) is 6.88. The fourth-order valence-corrected chi connectivity index (χ4v) is 3.36. The van der Waals surface area contributed by atoms with Crippen molar-refractivity contribution >= 4 is 11.8 Å². The molecule has 0 radical (unpaired) electrons. The van der Waals surface area contributed by atoms with Crippen molar-refractivity contribution in [2.45, 2.75) is 12.6 Å². The second-order valence-electron chi connectivity index (χ2n) is 6.89. The molecule has 2 aliphatic rings. The molecule has 3 heterocycles. The van der Waals surface area contributed by atoms with Crippen LogP contribution in [0.5, 0.6) is 0 Å². The summed E-state index contributed by atoms with van der Waals surface area (Å²) in [6.07, 6.45) is 6.94. The molecule has 1 aromatic carbocycles. The lowest BCUT2D eigenvalue weighted by atomic mass is 9.98. The molecule has 1 aromatic heterocycles. The largest absolute Gasteiger partial charge is 0.385 e. The lowest BCUT2D eigenvalue weighted by molar-refractivity contribution is 0.364. The van der Waals surface area contributed by atoms with Crippen LogP contribution in [-0.2, 0) is 5.66 Å². The van der Waals surface area contributed by atoms with Crippen molar-refractivity contribution in [1.82, 2.24) is 20.2 Å². The Kier molecular flexibility index (Phi) is 4.41. The number of rotatable bonds is 2.